The van der Waals surface area contributed by atoms with Crippen LogP contribution in [0.15, 0.2) is 18.2 Å². The fourth-order valence-corrected chi connectivity index (χ4v) is 3.77. The number of halogens is 1. The number of hydrogen-bond donors (Lipinski definition) is 1. The van der Waals surface area contributed by atoms with E-state index in [9.17, 15) is 4.39 Å². The highest BCUT2D eigenvalue weighted by molar-refractivity contribution is 7.99. The Bertz CT molecular complexity index is 367. The molecule has 1 aliphatic heterocycles. The molecule has 1 N–H and O–H groups in total. The predicted molar refractivity (Wildman–Crippen MR) is 68.5 cm³/mol. The van der Waals surface area contributed by atoms with Crippen LogP contribution in [0, 0.1) is 18.7 Å². The highest BCUT2D eigenvalue weighted by Crippen LogP contribution is 2.28. The van der Waals surface area contributed by atoms with Gasteiger partial charge >= 0.3 is 0 Å². The van der Waals surface area contributed by atoms with E-state index in [1.165, 1.54) is 17.1 Å². The smallest absolute Gasteiger partial charge is 0.123 e. The van der Waals surface area contributed by atoms with Crippen molar-refractivity contribution in [3.63, 3.8) is 0 Å². The maximum atomic E-state index is 13.0. The lowest BCUT2D eigenvalue weighted by Crippen LogP contribution is -2.33. The third kappa shape index (κ3) is 2.58. The monoisotopic (exact) mass is 239 g/mol. The van der Waals surface area contributed by atoms with Crippen LogP contribution in [0.25, 0.3) is 0 Å². The third-order valence-electron chi connectivity index (χ3n) is 3.36. The van der Waals surface area contributed by atoms with Crippen molar-refractivity contribution < 1.29 is 4.39 Å². The number of nitrogens with one attached hydrogen (secondary N) is 1. The Balaban J connectivity index is 2.08. The first-order valence-corrected chi connectivity index (χ1v) is 6.86. The van der Waals surface area contributed by atoms with Crippen LogP contribution in [0.4, 0.5) is 4.39 Å². The van der Waals surface area contributed by atoms with Crippen LogP contribution in [-0.2, 0) is 6.42 Å². The molecular weight excluding hydrogens is 221 g/mol. The van der Waals surface area contributed by atoms with Crippen molar-refractivity contribution in [2.75, 3.05) is 18.6 Å². The molecule has 1 heterocycles. The van der Waals surface area contributed by atoms with Gasteiger partial charge in [0.05, 0.1) is 0 Å². The van der Waals surface area contributed by atoms with Gasteiger partial charge < -0.3 is 5.32 Å². The molecule has 1 aromatic rings. The minimum Gasteiger partial charge on any atom is -0.316 e. The van der Waals surface area contributed by atoms with Gasteiger partial charge in [0, 0.05) is 11.8 Å². The summed E-state index contributed by atoms with van der Waals surface area (Å²) in [5.74, 6) is 2.95. The van der Waals surface area contributed by atoms with Gasteiger partial charge in [0.15, 0.2) is 0 Å². The molecule has 16 heavy (non-hydrogen) atoms. The van der Waals surface area contributed by atoms with Crippen LogP contribution < -0.4 is 5.32 Å². The molecule has 0 bridgehead atoms. The Morgan fingerprint density at radius 2 is 2.25 bits per heavy atom. The summed E-state index contributed by atoms with van der Waals surface area (Å²) in [5.41, 5.74) is 2.36. The SMILES string of the molecule is CNC1CSCC1Cc1ccc(F)cc1C. The Morgan fingerprint density at radius 1 is 1.44 bits per heavy atom. The molecule has 0 saturated carbocycles. The normalized spacial score (nSPS) is 24.9. The maximum Gasteiger partial charge on any atom is 0.123 e. The molecule has 2 rings (SSSR count). The Labute approximate surface area is 101 Å². The van der Waals surface area contributed by atoms with Gasteiger partial charge in [-0.1, -0.05) is 6.07 Å². The van der Waals surface area contributed by atoms with Gasteiger partial charge in [-0.2, -0.15) is 11.8 Å². The summed E-state index contributed by atoms with van der Waals surface area (Å²) < 4.78 is 13.0. The van der Waals surface area contributed by atoms with Crippen LogP contribution in [0.1, 0.15) is 11.1 Å². The maximum absolute atomic E-state index is 13.0. The lowest BCUT2D eigenvalue weighted by molar-refractivity contribution is 0.452. The van der Waals surface area contributed by atoms with Crippen molar-refractivity contribution in [3.05, 3.63) is 35.1 Å². The summed E-state index contributed by atoms with van der Waals surface area (Å²) in [7, 11) is 2.03. The molecule has 0 aliphatic carbocycles. The van der Waals surface area contributed by atoms with E-state index < -0.39 is 0 Å². The minimum atomic E-state index is -0.132. The zero-order valence-corrected chi connectivity index (χ0v) is 10.6. The summed E-state index contributed by atoms with van der Waals surface area (Å²) in [6.07, 6.45) is 1.06. The van der Waals surface area contributed by atoms with Crippen molar-refractivity contribution in [2.24, 2.45) is 5.92 Å². The first kappa shape index (κ1) is 11.9. The first-order valence-electron chi connectivity index (χ1n) is 5.70. The second kappa shape index (κ2) is 5.19. The molecule has 1 aromatic carbocycles. The van der Waals surface area contributed by atoms with Gasteiger partial charge in [-0.05, 0) is 55.3 Å². The number of aryl methyl sites for hydroxylation is 1. The fourth-order valence-electron chi connectivity index (χ4n) is 2.29. The standard InChI is InChI=1S/C13H18FNS/c1-9-5-12(14)4-3-10(9)6-11-7-16-8-13(11)15-2/h3-5,11,13,15H,6-8H2,1-2H3. The highest BCUT2D eigenvalue weighted by Gasteiger charge is 2.26. The van der Waals surface area contributed by atoms with Gasteiger partial charge in [0.25, 0.3) is 0 Å². The van der Waals surface area contributed by atoms with Crippen LogP contribution in [-0.4, -0.2) is 24.6 Å². The van der Waals surface area contributed by atoms with Crippen LogP contribution in [0.2, 0.25) is 0 Å². The zero-order valence-electron chi connectivity index (χ0n) is 9.79. The molecular formula is C13H18FNS. The molecule has 0 aromatic heterocycles. The topological polar surface area (TPSA) is 12.0 Å². The molecule has 0 amide bonds. The highest BCUT2D eigenvalue weighted by atomic mass is 32.2. The van der Waals surface area contributed by atoms with E-state index in [0.717, 1.165) is 12.0 Å². The molecule has 1 nitrogen and oxygen atoms in total. The van der Waals surface area contributed by atoms with E-state index in [4.69, 9.17) is 0 Å². The Kier molecular flexibility index (Phi) is 3.87. The van der Waals surface area contributed by atoms with Gasteiger partial charge in [-0.25, -0.2) is 4.39 Å². The molecule has 1 aliphatic rings. The number of thioether (sulfide) groups is 1. The van der Waals surface area contributed by atoms with Gasteiger partial charge in [-0.15, -0.1) is 0 Å². The molecule has 1 saturated heterocycles. The summed E-state index contributed by atoms with van der Waals surface area (Å²) in [6, 6.07) is 5.74. The van der Waals surface area contributed by atoms with Gasteiger partial charge in [0.1, 0.15) is 5.82 Å². The van der Waals surface area contributed by atoms with Crippen LogP contribution >= 0.6 is 11.8 Å². The second-order valence-corrected chi connectivity index (χ2v) is 5.54. The van der Waals surface area contributed by atoms with Crippen LogP contribution in [0.3, 0.4) is 0 Å². The largest absolute Gasteiger partial charge is 0.316 e. The molecule has 3 heteroatoms. The predicted octanol–water partition coefficient (Wildman–Crippen LogP) is 2.63. The van der Waals surface area contributed by atoms with E-state index in [2.05, 4.69) is 5.32 Å². The zero-order chi connectivity index (χ0) is 11.5. The van der Waals surface area contributed by atoms with E-state index in [-0.39, 0.29) is 5.82 Å². The van der Waals surface area contributed by atoms with E-state index >= 15 is 0 Å². The lowest BCUT2D eigenvalue weighted by Gasteiger charge is -2.19. The summed E-state index contributed by atoms with van der Waals surface area (Å²) >= 11 is 2.01. The summed E-state index contributed by atoms with van der Waals surface area (Å²) in [6.45, 7) is 1.99. The van der Waals surface area contributed by atoms with Crippen molar-refractivity contribution in [1.29, 1.82) is 0 Å². The first-order chi connectivity index (χ1) is 7.70. The van der Waals surface area contributed by atoms with Gasteiger partial charge in [-0.3, -0.25) is 0 Å². The minimum absolute atomic E-state index is 0.132. The Hall–Kier alpha value is -0.540. The summed E-state index contributed by atoms with van der Waals surface area (Å²) in [4.78, 5) is 0. The van der Waals surface area contributed by atoms with Gasteiger partial charge in [0.2, 0.25) is 0 Å². The van der Waals surface area contributed by atoms with E-state index in [1.807, 2.05) is 31.8 Å². The number of rotatable bonds is 3. The van der Waals surface area contributed by atoms with Crippen molar-refractivity contribution in [1.82, 2.24) is 5.32 Å². The van der Waals surface area contributed by atoms with E-state index in [0.29, 0.717) is 12.0 Å². The molecule has 88 valence electrons. The number of hydrogen-bond acceptors (Lipinski definition) is 2. The second-order valence-electron chi connectivity index (χ2n) is 4.47. The van der Waals surface area contributed by atoms with Crippen LogP contribution in [0.5, 0.6) is 0 Å². The average molecular weight is 239 g/mol. The van der Waals surface area contributed by atoms with E-state index in [1.54, 1.807) is 12.1 Å². The quantitative estimate of drug-likeness (QED) is 0.870. The lowest BCUT2D eigenvalue weighted by atomic mass is 9.93. The molecule has 2 atom stereocenters. The molecule has 1 fully saturated rings. The number of benzene rings is 1. The molecule has 0 radical (unpaired) electrons. The fraction of sp³-hybridized carbons (Fsp3) is 0.538. The molecule has 2 unspecified atom stereocenters. The molecule has 0 spiro atoms. The third-order valence-corrected chi connectivity index (χ3v) is 4.61. The Morgan fingerprint density at radius 3 is 2.94 bits per heavy atom. The van der Waals surface area contributed by atoms with Crippen molar-refractivity contribution in [2.45, 2.75) is 19.4 Å². The summed E-state index contributed by atoms with van der Waals surface area (Å²) in [5, 5.41) is 3.37. The van der Waals surface area contributed by atoms with Crippen molar-refractivity contribution in [3.8, 4) is 0 Å². The van der Waals surface area contributed by atoms with Crippen molar-refractivity contribution >= 4 is 11.8 Å². The average Bonchev–Trinajstić information content (AvgIpc) is 2.69.